The van der Waals surface area contributed by atoms with Gasteiger partial charge in [-0.2, -0.15) is 0 Å². The van der Waals surface area contributed by atoms with Crippen LogP contribution < -0.4 is 25.9 Å². The summed E-state index contributed by atoms with van der Waals surface area (Å²) >= 11 is -0.107. The first-order valence-corrected chi connectivity index (χ1v) is 6.73. The van der Waals surface area contributed by atoms with Gasteiger partial charge in [-0.1, -0.05) is 0 Å². The Hall–Kier alpha value is -1.10. The third-order valence-electron chi connectivity index (χ3n) is 1.89. The molecule has 0 fully saturated rings. The number of nitrogens with zero attached hydrogens (tertiary/aromatic N) is 1. The fourth-order valence-electron chi connectivity index (χ4n) is 1.16. The van der Waals surface area contributed by atoms with Crippen LogP contribution >= 0.6 is 0 Å². The van der Waals surface area contributed by atoms with Crippen molar-refractivity contribution in [1.29, 1.82) is 0 Å². The molecule has 3 heteroatoms. The number of methoxy groups -OCH3 is 1. The Morgan fingerprint density at radius 2 is 1.87 bits per heavy atom. The van der Waals surface area contributed by atoms with E-state index in [-0.39, 0.29) is 21.2 Å². The van der Waals surface area contributed by atoms with E-state index in [1.165, 1.54) is 7.14 Å². The van der Waals surface area contributed by atoms with E-state index in [1.54, 1.807) is 13.3 Å². The summed E-state index contributed by atoms with van der Waals surface area (Å²) < 4.78 is 7.83. The Labute approximate surface area is 99.6 Å². The van der Waals surface area contributed by atoms with Crippen molar-refractivity contribution in [3.63, 3.8) is 0 Å². The topological polar surface area (TPSA) is 22.1 Å². The van der Waals surface area contributed by atoms with Crippen molar-refractivity contribution in [2.24, 2.45) is 0 Å². The molecule has 0 amide bonds. The fourth-order valence-corrected chi connectivity index (χ4v) is 3.28. The van der Waals surface area contributed by atoms with E-state index in [9.17, 15) is 0 Å². The fraction of sp³-hybridized carbons (Fsp3) is 0.0833. The van der Waals surface area contributed by atoms with Crippen LogP contribution in [0.5, 0.6) is 5.75 Å². The Morgan fingerprint density at radius 3 is 2.47 bits per heavy atom. The molecular weight excluding hydrogens is 301 g/mol. The molecule has 0 aliphatic heterocycles. The minimum absolute atomic E-state index is 0.107. The first-order chi connectivity index (χ1) is 7.38. The van der Waals surface area contributed by atoms with Gasteiger partial charge in [-0.05, 0) is 0 Å². The zero-order chi connectivity index (χ0) is 10.5. The number of aromatic nitrogens is 1. The maximum atomic E-state index is 5.12. The van der Waals surface area contributed by atoms with Crippen LogP contribution in [0.4, 0.5) is 0 Å². The van der Waals surface area contributed by atoms with Crippen LogP contribution in [0.15, 0.2) is 48.8 Å². The zero-order valence-corrected chi connectivity index (χ0v) is 10.5. The summed E-state index contributed by atoms with van der Waals surface area (Å²) in [4.78, 5) is 4.12. The Kier molecular flexibility index (Phi) is 3.55. The molecular formula is C12H11INO-. The van der Waals surface area contributed by atoms with Gasteiger partial charge >= 0.3 is 99.7 Å². The average molecular weight is 312 g/mol. The number of halogens is 1. The second-order valence-corrected chi connectivity index (χ2v) is 5.95. The van der Waals surface area contributed by atoms with Crippen molar-refractivity contribution in [3.8, 4) is 5.75 Å². The van der Waals surface area contributed by atoms with Crippen LogP contribution in [0.3, 0.4) is 0 Å². The molecule has 1 heterocycles. The van der Waals surface area contributed by atoms with Gasteiger partial charge in [0.2, 0.25) is 0 Å². The van der Waals surface area contributed by atoms with E-state index in [0.717, 1.165) is 5.75 Å². The molecule has 0 unspecified atom stereocenters. The molecule has 2 rings (SSSR count). The summed E-state index contributed by atoms with van der Waals surface area (Å²) in [6.07, 6.45) is 3.75. The predicted molar refractivity (Wildman–Crippen MR) is 54.6 cm³/mol. The van der Waals surface area contributed by atoms with E-state index >= 15 is 0 Å². The number of hydrogen-bond acceptors (Lipinski definition) is 2. The van der Waals surface area contributed by atoms with E-state index in [0.29, 0.717) is 0 Å². The van der Waals surface area contributed by atoms with Crippen LogP contribution in [0.25, 0.3) is 0 Å². The second kappa shape index (κ2) is 5.11. The van der Waals surface area contributed by atoms with Crippen molar-refractivity contribution in [3.05, 3.63) is 55.9 Å². The summed E-state index contributed by atoms with van der Waals surface area (Å²) in [5.74, 6) is 0.911. The normalized spacial score (nSPS) is 10.2. The quantitative estimate of drug-likeness (QED) is 0.694. The summed E-state index contributed by atoms with van der Waals surface area (Å²) in [5, 5.41) is 0. The molecule has 15 heavy (non-hydrogen) atoms. The first-order valence-electron chi connectivity index (χ1n) is 4.57. The summed E-state index contributed by atoms with van der Waals surface area (Å²) in [7, 11) is 1.69. The Morgan fingerprint density at radius 1 is 1.07 bits per heavy atom. The number of benzene rings is 1. The van der Waals surface area contributed by atoms with Crippen molar-refractivity contribution < 1.29 is 25.9 Å². The van der Waals surface area contributed by atoms with Gasteiger partial charge < -0.3 is 0 Å². The van der Waals surface area contributed by atoms with Crippen LogP contribution in [0.2, 0.25) is 0 Å². The van der Waals surface area contributed by atoms with Crippen LogP contribution in [0.1, 0.15) is 0 Å². The predicted octanol–water partition coefficient (Wildman–Crippen LogP) is -0.781. The van der Waals surface area contributed by atoms with Gasteiger partial charge in [0.15, 0.2) is 0 Å². The maximum absolute atomic E-state index is 5.12. The molecule has 1 aromatic heterocycles. The first kappa shape index (κ1) is 10.4. The van der Waals surface area contributed by atoms with E-state index < -0.39 is 0 Å². The third-order valence-corrected chi connectivity index (χ3v) is 4.50. The van der Waals surface area contributed by atoms with Crippen molar-refractivity contribution in [2.75, 3.05) is 7.11 Å². The molecule has 0 aliphatic rings. The number of pyridine rings is 1. The number of hydrogen-bond donors (Lipinski definition) is 0. The van der Waals surface area contributed by atoms with Crippen LogP contribution in [-0.2, 0) is 0 Å². The monoisotopic (exact) mass is 312 g/mol. The van der Waals surface area contributed by atoms with E-state index in [2.05, 4.69) is 23.2 Å². The Balaban J connectivity index is 2.11. The molecule has 0 saturated heterocycles. The van der Waals surface area contributed by atoms with Crippen LogP contribution in [-0.4, -0.2) is 12.1 Å². The van der Waals surface area contributed by atoms with Gasteiger partial charge in [0.1, 0.15) is 0 Å². The van der Waals surface area contributed by atoms with Crippen molar-refractivity contribution in [2.45, 2.75) is 0 Å². The van der Waals surface area contributed by atoms with E-state index in [1.807, 2.05) is 24.4 Å². The van der Waals surface area contributed by atoms with Crippen molar-refractivity contribution >= 4 is 0 Å². The molecule has 0 atom stereocenters. The number of rotatable bonds is 3. The third kappa shape index (κ3) is 2.92. The summed E-state index contributed by atoms with van der Waals surface area (Å²) in [6, 6.07) is 12.4. The van der Waals surface area contributed by atoms with Gasteiger partial charge in [-0.25, -0.2) is 0 Å². The molecule has 2 aromatic rings. The molecule has 0 radical (unpaired) electrons. The molecule has 0 spiro atoms. The summed E-state index contributed by atoms with van der Waals surface area (Å²) in [6.45, 7) is 0. The number of ether oxygens (including phenoxy) is 1. The Bertz CT molecular complexity index is 413. The molecule has 0 aliphatic carbocycles. The van der Waals surface area contributed by atoms with Gasteiger partial charge in [0, 0.05) is 0 Å². The molecule has 2 nitrogen and oxygen atoms in total. The molecule has 1 aromatic carbocycles. The summed E-state index contributed by atoms with van der Waals surface area (Å²) in [5.41, 5.74) is 0. The average Bonchev–Trinajstić information content (AvgIpc) is 2.31. The SMILES string of the molecule is COc1ccc([I-]c2cccnc2)cc1. The second-order valence-electron chi connectivity index (χ2n) is 2.92. The van der Waals surface area contributed by atoms with Crippen molar-refractivity contribution in [1.82, 2.24) is 4.98 Å². The van der Waals surface area contributed by atoms with Gasteiger partial charge in [0.25, 0.3) is 0 Å². The zero-order valence-electron chi connectivity index (χ0n) is 8.35. The standard InChI is InChI=1S/C12H11INO/c1-15-12-6-4-10(5-7-12)13-11-3-2-8-14-9-11/h2-9H,1H3/q-1. The molecule has 0 N–H and O–H groups in total. The van der Waals surface area contributed by atoms with Gasteiger partial charge in [-0.15, -0.1) is 0 Å². The van der Waals surface area contributed by atoms with Crippen LogP contribution in [0, 0.1) is 7.14 Å². The van der Waals surface area contributed by atoms with E-state index in [4.69, 9.17) is 4.74 Å². The van der Waals surface area contributed by atoms with Gasteiger partial charge in [-0.3, -0.25) is 0 Å². The molecule has 0 bridgehead atoms. The molecule has 78 valence electrons. The molecule has 0 saturated carbocycles. The minimum atomic E-state index is -0.107. The van der Waals surface area contributed by atoms with Gasteiger partial charge in [0.05, 0.1) is 0 Å².